The molecule has 0 aromatic rings. The molecule has 0 aromatic heterocycles. The van der Waals surface area contributed by atoms with Crippen LogP contribution in [0.3, 0.4) is 0 Å². The molecule has 0 atom stereocenters. The average molecular weight is 279 g/mol. The summed E-state index contributed by atoms with van der Waals surface area (Å²) in [6.45, 7) is 11.4. The summed E-state index contributed by atoms with van der Waals surface area (Å²) in [5, 5.41) is 0. The number of hydrogen-bond donors (Lipinski definition) is 0. The molecule has 0 aliphatic rings. The normalized spacial score (nSPS) is 13.3. The lowest BCUT2D eigenvalue weighted by Gasteiger charge is -2.35. The first kappa shape index (κ1) is 19.5. The van der Waals surface area contributed by atoms with Crippen molar-refractivity contribution in [2.45, 2.75) is 98.8 Å². The zero-order valence-electron chi connectivity index (χ0n) is 14.8. The van der Waals surface area contributed by atoms with E-state index in [-0.39, 0.29) is 0 Å². The second kappa shape index (κ2) is 12.2. The minimum absolute atomic E-state index is 0.574. The second-order valence-corrected chi connectivity index (χ2v) is 6.53. The van der Waals surface area contributed by atoms with Crippen molar-refractivity contribution >= 4 is 0 Å². The van der Waals surface area contributed by atoms with E-state index in [4.69, 9.17) is 0 Å². The minimum atomic E-state index is 0.574. The smallest absolute Gasteiger partial charge is 0.0260 e. The predicted octanol–water partition coefficient (Wildman–Crippen LogP) is 7.46. The van der Waals surface area contributed by atoms with Crippen molar-refractivity contribution in [3.8, 4) is 0 Å². The van der Waals surface area contributed by atoms with Crippen LogP contribution in [0.15, 0.2) is 23.8 Å². The van der Waals surface area contributed by atoms with Crippen LogP contribution in [0.2, 0.25) is 0 Å². The number of unbranched alkanes of at least 4 members (excludes halogenated alkanes) is 3. The third-order valence-electron chi connectivity index (χ3n) is 4.41. The molecule has 0 heterocycles. The molecular weight excluding hydrogens is 240 g/mol. The first-order valence-corrected chi connectivity index (χ1v) is 8.92. The molecule has 0 aliphatic carbocycles. The molecule has 118 valence electrons. The fourth-order valence-electron chi connectivity index (χ4n) is 3.21. The number of allylic oxidation sites excluding steroid dienone is 4. The van der Waals surface area contributed by atoms with E-state index in [1.54, 1.807) is 5.57 Å². The zero-order valence-corrected chi connectivity index (χ0v) is 14.8. The van der Waals surface area contributed by atoms with Crippen molar-refractivity contribution in [2.75, 3.05) is 0 Å². The highest BCUT2D eigenvalue weighted by Gasteiger charge is 2.28. The van der Waals surface area contributed by atoms with Gasteiger partial charge in [0.05, 0.1) is 0 Å². The molecule has 0 saturated heterocycles. The summed E-state index contributed by atoms with van der Waals surface area (Å²) in [5.41, 5.74) is 2.14. The van der Waals surface area contributed by atoms with Crippen LogP contribution in [-0.2, 0) is 0 Å². The summed E-state index contributed by atoms with van der Waals surface area (Å²) in [4.78, 5) is 0. The average Bonchev–Trinajstić information content (AvgIpc) is 2.46. The number of rotatable bonds is 12. The molecule has 0 heteroatoms. The molecule has 0 amide bonds. The highest BCUT2D eigenvalue weighted by Crippen LogP contribution is 2.42. The maximum atomic E-state index is 2.33. The SMILES string of the molecule is C/C=C\C=C(/C)CC(CCCC)(CCCC)CCCC. The van der Waals surface area contributed by atoms with Crippen LogP contribution in [-0.4, -0.2) is 0 Å². The van der Waals surface area contributed by atoms with Gasteiger partial charge >= 0.3 is 0 Å². The van der Waals surface area contributed by atoms with E-state index in [1.807, 2.05) is 0 Å². The van der Waals surface area contributed by atoms with Gasteiger partial charge in [0.1, 0.15) is 0 Å². The quantitative estimate of drug-likeness (QED) is 0.325. The molecule has 0 fully saturated rings. The van der Waals surface area contributed by atoms with E-state index in [0.717, 1.165) is 0 Å². The molecule has 0 nitrogen and oxygen atoms in total. The van der Waals surface area contributed by atoms with Crippen LogP contribution in [0.4, 0.5) is 0 Å². The molecule has 0 radical (unpaired) electrons. The summed E-state index contributed by atoms with van der Waals surface area (Å²) < 4.78 is 0. The Hall–Kier alpha value is -0.520. The first-order valence-electron chi connectivity index (χ1n) is 8.92. The summed E-state index contributed by atoms with van der Waals surface area (Å²) in [6.07, 6.45) is 20.4. The van der Waals surface area contributed by atoms with Gasteiger partial charge in [-0.25, -0.2) is 0 Å². The highest BCUT2D eigenvalue weighted by atomic mass is 14.3. The van der Waals surface area contributed by atoms with Gasteiger partial charge in [0.2, 0.25) is 0 Å². The van der Waals surface area contributed by atoms with Gasteiger partial charge in [-0.2, -0.15) is 0 Å². The summed E-state index contributed by atoms with van der Waals surface area (Å²) in [7, 11) is 0. The molecule has 0 N–H and O–H groups in total. The Morgan fingerprint density at radius 1 is 0.850 bits per heavy atom. The fraction of sp³-hybridized carbons (Fsp3) is 0.800. The molecule has 0 aromatic carbocycles. The first-order chi connectivity index (χ1) is 9.64. The van der Waals surface area contributed by atoms with Gasteiger partial charge in [0.25, 0.3) is 0 Å². The van der Waals surface area contributed by atoms with Gasteiger partial charge < -0.3 is 0 Å². The third-order valence-corrected chi connectivity index (χ3v) is 4.41. The van der Waals surface area contributed by atoms with E-state index in [1.165, 1.54) is 64.2 Å². The lowest BCUT2D eigenvalue weighted by molar-refractivity contribution is 0.197. The van der Waals surface area contributed by atoms with Crippen molar-refractivity contribution in [1.82, 2.24) is 0 Å². The van der Waals surface area contributed by atoms with Crippen LogP contribution < -0.4 is 0 Å². The maximum Gasteiger partial charge on any atom is -0.0260 e. The Morgan fingerprint density at radius 2 is 1.30 bits per heavy atom. The third kappa shape index (κ3) is 8.61. The topological polar surface area (TPSA) is 0 Å². The van der Waals surface area contributed by atoms with Crippen LogP contribution in [0.5, 0.6) is 0 Å². The maximum absolute atomic E-state index is 2.33. The molecule has 0 saturated carbocycles. The van der Waals surface area contributed by atoms with E-state index in [9.17, 15) is 0 Å². The Labute approximate surface area is 128 Å². The molecule has 0 unspecified atom stereocenters. The summed E-state index contributed by atoms with van der Waals surface area (Å²) in [6, 6.07) is 0. The lowest BCUT2D eigenvalue weighted by atomic mass is 9.70. The van der Waals surface area contributed by atoms with Crippen LogP contribution in [0.1, 0.15) is 98.8 Å². The van der Waals surface area contributed by atoms with Gasteiger partial charge in [0.15, 0.2) is 0 Å². The van der Waals surface area contributed by atoms with E-state index in [2.05, 4.69) is 52.8 Å². The Kier molecular flexibility index (Phi) is 11.9. The van der Waals surface area contributed by atoms with Crippen molar-refractivity contribution in [3.05, 3.63) is 23.8 Å². The van der Waals surface area contributed by atoms with Crippen LogP contribution in [0.25, 0.3) is 0 Å². The monoisotopic (exact) mass is 278 g/mol. The van der Waals surface area contributed by atoms with E-state index >= 15 is 0 Å². The zero-order chi connectivity index (χ0) is 15.3. The predicted molar refractivity (Wildman–Crippen MR) is 94.2 cm³/mol. The molecule has 0 aliphatic heterocycles. The van der Waals surface area contributed by atoms with Gasteiger partial charge in [0, 0.05) is 0 Å². The Balaban J connectivity index is 4.91. The van der Waals surface area contributed by atoms with Crippen molar-refractivity contribution in [2.24, 2.45) is 5.41 Å². The molecule has 0 rings (SSSR count). The van der Waals surface area contributed by atoms with Crippen molar-refractivity contribution in [1.29, 1.82) is 0 Å². The fourth-order valence-corrected chi connectivity index (χ4v) is 3.21. The number of hydrogen-bond acceptors (Lipinski definition) is 0. The van der Waals surface area contributed by atoms with Crippen molar-refractivity contribution in [3.63, 3.8) is 0 Å². The standard InChI is InChI=1S/C20H38/c1-6-10-14-19(5)18-20(15-11-7-2,16-12-8-3)17-13-9-4/h6,10,14H,7-9,11-13,15-18H2,1-5H3/b10-6-,19-14+. The molecular formula is C20H38. The van der Waals surface area contributed by atoms with Gasteiger partial charge in [-0.15, -0.1) is 0 Å². The van der Waals surface area contributed by atoms with Gasteiger partial charge in [-0.3, -0.25) is 0 Å². The Morgan fingerprint density at radius 3 is 1.65 bits per heavy atom. The largest absolute Gasteiger partial charge is 0.0877 e. The lowest BCUT2D eigenvalue weighted by Crippen LogP contribution is -2.21. The van der Waals surface area contributed by atoms with E-state index in [0.29, 0.717) is 5.41 Å². The molecule has 0 spiro atoms. The molecule has 0 bridgehead atoms. The van der Waals surface area contributed by atoms with E-state index < -0.39 is 0 Å². The second-order valence-electron chi connectivity index (χ2n) is 6.53. The molecule has 20 heavy (non-hydrogen) atoms. The summed E-state index contributed by atoms with van der Waals surface area (Å²) >= 11 is 0. The minimum Gasteiger partial charge on any atom is -0.0877 e. The summed E-state index contributed by atoms with van der Waals surface area (Å²) in [5.74, 6) is 0. The highest BCUT2D eigenvalue weighted by molar-refractivity contribution is 5.12. The van der Waals surface area contributed by atoms with Crippen LogP contribution >= 0.6 is 0 Å². The van der Waals surface area contributed by atoms with Crippen molar-refractivity contribution < 1.29 is 0 Å². The Bertz CT molecular complexity index is 248. The van der Waals surface area contributed by atoms with Gasteiger partial charge in [-0.05, 0) is 44.9 Å². The van der Waals surface area contributed by atoms with Gasteiger partial charge in [-0.1, -0.05) is 83.1 Å². The van der Waals surface area contributed by atoms with Crippen LogP contribution in [0, 0.1) is 5.41 Å².